The topological polar surface area (TPSA) is 0 Å². The largest absolute Gasteiger partial charge is 0.460 e. The molecule has 22 heavy (non-hydrogen) atoms. The molecule has 0 atom stereocenters. The lowest BCUT2D eigenvalue weighted by Crippen LogP contribution is -2.70. The number of hydrogen-bond acceptors (Lipinski definition) is 0. The van der Waals surface area contributed by atoms with Gasteiger partial charge in [0.25, 0.3) is 0 Å². The maximum absolute atomic E-state index is 12.9. The summed E-state index contributed by atoms with van der Waals surface area (Å²) in [6.45, 7) is 0. The van der Waals surface area contributed by atoms with Gasteiger partial charge >= 0.3 is 35.8 Å². The Morgan fingerprint density at radius 2 is 0.818 bits per heavy atom. The molecule has 0 unspecified atom stereocenters. The molecule has 0 amide bonds. The molecule has 0 aliphatic heterocycles. The third-order valence-electron chi connectivity index (χ3n) is 2.41. The SMILES string of the molecule is FC(F)(F)C(F)(F)C(F)(F)C(F)(F)C(F)(F)C(F)(F)CCBr. The van der Waals surface area contributed by atoms with Gasteiger partial charge in [0.2, 0.25) is 0 Å². The van der Waals surface area contributed by atoms with Gasteiger partial charge in [0.05, 0.1) is 0 Å². The summed E-state index contributed by atoms with van der Waals surface area (Å²) in [5.41, 5.74) is 0. The summed E-state index contributed by atoms with van der Waals surface area (Å²) in [6, 6.07) is 0. The van der Waals surface area contributed by atoms with E-state index >= 15 is 0 Å². The average Bonchev–Trinajstić information content (AvgIpc) is 2.26. The van der Waals surface area contributed by atoms with Crippen molar-refractivity contribution in [1.82, 2.24) is 0 Å². The lowest BCUT2D eigenvalue weighted by molar-refractivity contribution is -0.439. The van der Waals surface area contributed by atoms with Crippen molar-refractivity contribution in [2.75, 3.05) is 5.33 Å². The fourth-order valence-corrected chi connectivity index (χ4v) is 1.58. The Bertz CT molecular complexity index is 395. The lowest BCUT2D eigenvalue weighted by atomic mass is 9.93. The molecule has 0 aliphatic carbocycles. The third kappa shape index (κ3) is 2.86. The van der Waals surface area contributed by atoms with Crippen molar-refractivity contribution in [3.63, 3.8) is 0 Å². The molecule has 0 heterocycles. The van der Waals surface area contributed by atoms with Crippen molar-refractivity contribution in [1.29, 1.82) is 0 Å². The molecule has 0 saturated carbocycles. The van der Waals surface area contributed by atoms with Crippen LogP contribution in [0.5, 0.6) is 0 Å². The van der Waals surface area contributed by atoms with Crippen LogP contribution in [0.15, 0.2) is 0 Å². The molecular formula is C8H4BrF13. The predicted octanol–water partition coefficient (Wildman–Crippen LogP) is 5.51. The number of alkyl halides is 14. The summed E-state index contributed by atoms with van der Waals surface area (Å²) in [5.74, 6) is -36.3. The molecule has 0 aromatic rings. The summed E-state index contributed by atoms with van der Waals surface area (Å²) in [7, 11) is 0. The van der Waals surface area contributed by atoms with E-state index in [-0.39, 0.29) is 0 Å². The number of hydrogen-bond donors (Lipinski definition) is 0. The highest BCUT2D eigenvalue weighted by Crippen LogP contribution is 2.60. The van der Waals surface area contributed by atoms with Gasteiger partial charge in [-0.25, -0.2) is 0 Å². The minimum Gasteiger partial charge on any atom is -0.200 e. The second-order valence-corrected chi connectivity index (χ2v) is 4.73. The van der Waals surface area contributed by atoms with Gasteiger partial charge in [0.15, 0.2) is 0 Å². The van der Waals surface area contributed by atoms with Crippen molar-refractivity contribution in [3.05, 3.63) is 0 Å². The van der Waals surface area contributed by atoms with E-state index in [2.05, 4.69) is 15.9 Å². The van der Waals surface area contributed by atoms with Crippen LogP contribution in [0.3, 0.4) is 0 Å². The van der Waals surface area contributed by atoms with Crippen LogP contribution in [-0.2, 0) is 0 Å². The van der Waals surface area contributed by atoms with E-state index in [0.717, 1.165) is 0 Å². The first kappa shape index (κ1) is 21.6. The van der Waals surface area contributed by atoms with E-state index in [1.807, 2.05) is 0 Å². The maximum Gasteiger partial charge on any atom is 0.460 e. The second-order valence-electron chi connectivity index (χ2n) is 3.94. The van der Waals surface area contributed by atoms with E-state index in [9.17, 15) is 57.1 Å². The van der Waals surface area contributed by atoms with Crippen molar-refractivity contribution in [2.45, 2.75) is 42.2 Å². The fourth-order valence-electron chi connectivity index (χ4n) is 1.08. The van der Waals surface area contributed by atoms with Gasteiger partial charge in [-0.3, -0.25) is 0 Å². The Morgan fingerprint density at radius 1 is 0.500 bits per heavy atom. The molecule has 0 bridgehead atoms. The Balaban J connectivity index is 6.11. The zero-order valence-corrected chi connectivity index (χ0v) is 11.3. The van der Waals surface area contributed by atoms with Crippen LogP contribution >= 0.6 is 15.9 Å². The lowest BCUT2D eigenvalue weighted by Gasteiger charge is -2.39. The summed E-state index contributed by atoms with van der Waals surface area (Å²) in [5, 5.41) is -1.15. The number of rotatable bonds is 6. The number of halogens is 14. The standard InChI is InChI=1S/C8H4BrF13/c9-2-1-3(10,11)4(12,13)5(14,15)6(16,17)7(18,19)8(20,21)22/h1-2H2. The Kier molecular flexibility index (Phi) is 5.47. The molecule has 134 valence electrons. The Labute approximate surface area is 121 Å². The molecule has 0 spiro atoms. The molecule has 0 saturated heterocycles. The molecule has 0 fully saturated rings. The van der Waals surface area contributed by atoms with E-state index in [4.69, 9.17) is 0 Å². The fraction of sp³-hybridized carbons (Fsp3) is 1.00. The van der Waals surface area contributed by atoms with Gasteiger partial charge in [-0.15, -0.1) is 0 Å². The highest BCUT2D eigenvalue weighted by Gasteiger charge is 2.90. The molecule has 0 rings (SSSR count). The van der Waals surface area contributed by atoms with Crippen LogP contribution in [0.25, 0.3) is 0 Å². The van der Waals surface area contributed by atoms with Gasteiger partial charge in [0, 0.05) is 11.8 Å². The van der Waals surface area contributed by atoms with Crippen molar-refractivity contribution in [2.24, 2.45) is 0 Å². The van der Waals surface area contributed by atoms with Gasteiger partial charge in [-0.1, -0.05) is 15.9 Å². The van der Waals surface area contributed by atoms with Crippen molar-refractivity contribution >= 4 is 15.9 Å². The van der Waals surface area contributed by atoms with E-state index in [0.29, 0.717) is 0 Å². The summed E-state index contributed by atoms with van der Waals surface area (Å²) < 4.78 is 162. The highest BCUT2D eigenvalue weighted by atomic mass is 79.9. The Hall–Kier alpha value is -0.430. The van der Waals surface area contributed by atoms with E-state index in [1.54, 1.807) is 0 Å². The minimum atomic E-state index is -7.82. The summed E-state index contributed by atoms with van der Waals surface area (Å²) >= 11 is 2.09. The maximum atomic E-state index is 12.9. The highest BCUT2D eigenvalue weighted by molar-refractivity contribution is 9.09. The zero-order valence-electron chi connectivity index (χ0n) is 9.71. The first-order valence-corrected chi connectivity index (χ1v) is 5.95. The van der Waals surface area contributed by atoms with Gasteiger partial charge in [-0.2, -0.15) is 57.1 Å². The minimum absolute atomic E-state index is 1.15. The molecule has 0 aliphatic rings. The molecule has 0 nitrogen and oxygen atoms in total. The van der Waals surface area contributed by atoms with Gasteiger partial charge < -0.3 is 0 Å². The van der Waals surface area contributed by atoms with Crippen molar-refractivity contribution in [3.8, 4) is 0 Å². The monoisotopic (exact) mass is 426 g/mol. The third-order valence-corrected chi connectivity index (χ3v) is 2.80. The normalized spacial score (nSPS) is 16.1. The van der Waals surface area contributed by atoms with Crippen LogP contribution in [0, 0.1) is 0 Å². The van der Waals surface area contributed by atoms with Crippen LogP contribution in [0.4, 0.5) is 57.1 Å². The summed E-state index contributed by atoms with van der Waals surface area (Å²) in [4.78, 5) is 0. The van der Waals surface area contributed by atoms with Crippen LogP contribution in [0.1, 0.15) is 6.42 Å². The quantitative estimate of drug-likeness (QED) is 0.388. The molecule has 0 N–H and O–H groups in total. The van der Waals surface area contributed by atoms with Crippen molar-refractivity contribution < 1.29 is 57.1 Å². The van der Waals surface area contributed by atoms with Crippen LogP contribution < -0.4 is 0 Å². The Morgan fingerprint density at radius 3 is 1.09 bits per heavy atom. The second kappa shape index (κ2) is 5.58. The predicted molar refractivity (Wildman–Crippen MR) is 49.2 cm³/mol. The first-order valence-electron chi connectivity index (χ1n) is 4.83. The first-order chi connectivity index (χ1) is 9.31. The van der Waals surface area contributed by atoms with E-state index in [1.165, 1.54) is 0 Å². The van der Waals surface area contributed by atoms with Gasteiger partial charge in [0.1, 0.15) is 0 Å². The molecule has 14 heteroatoms. The van der Waals surface area contributed by atoms with Crippen LogP contribution in [-0.4, -0.2) is 41.1 Å². The molecule has 0 aromatic heterocycles. The average molecular weight is 427 g/mol. The molecular weight excluding hydrogens is 423 g/mol. The van der Waals surface area contributed by atoms with Gasteiger partial charge in [-0.05, 0) is 0 Å². The molecule has 0 radical (unpaired) electrons. The molecule has 0 aromatic carbocycles. The van der Waals surface area contributed by atoms with E-state index < -0.39 is 47.5 Å². The summed E-state index contributed by atoms with van der Waals surface area (Å²) in [6.07, 6.45) is -9.59. The van der Waals surface area contributed by atoms with Crippen LogP contribution in [0.2, 0.25) is 0 Å². The zero-order chi connectivity index (χ0) is 18.4. The smallest absolute Gasteiger partial charge is 0.200 e.